The highest BCUT2D eigenvalue weighted by molar-refractivity contribution is 9.10. The molecule has 0 atom stereocenters. The topological polar surface area (TPSA) is 76.7 Å². The summed E-state index contributed by atoms with van der Waals surface area (Å²) in [6.07, 6.45) is 1.42. The molecule has 0 aromatic heterocycles. The highest BCUT2D eigenvalue weighted by Gasteiger charge is 2.26. The number of amides is 2. The van der Waals surface area contributed by atoms with Crippen LogP contribution in [0.15, 0.2) is 22.2 Å². The summed E-state index contributed by atoms with van der Waals surface area (Å²) in [6, 6.07) is 3.35. The molecule has 21 heavy (non-hydrogen) atoms. The third-order valence-electron chi connectivity index (χ3n) is 2.75. The van der Waals surface area contributed by atoms with Crippen LogP contribution >= 0.6 is 28.1 Å². The van der Waals surface area contributed by atoms with Crippen LogP contribution in [-0.2, 0) is 9.59 Å². The first-order valence-corrected chi connectivity index (χ1v) is 6.96. The van der Waals surface area contributed by atoms with Crippen LogP contribution in [-0.4, -0.2) is 31.1 Å². The molecule has 0 unspecified atom stereocenters. The first-order valence-electron chi connectivity index (χ1n) is 5.76. The van der Waals surface area contributed by atoms with E-state index in [1.54, 1.807) is 12.1 Å². The lowest BCUT2D eigenvalue weighted by Gasteiger charge is -2.17. The predicted molar refractivity (Wildman–Crippen MR) is 84.1 cm³/mol. The van der Waals surface area contributed by atoms with Crippen molar-refractivity contribution < 1.29 is 19.1 Å². The summed E-state index contributed by atoms with van der Waals surface area (Å²) < 4.78 is 11.1. The molecule has 6 nitrogen and oxygen atoms in total. The molecule has 1 aliphatic heterocycles. The van der Waals surface area contributed by atoms with E-state index in [9.17, 15) is 9.59 Å². The third-order valence-corrected chi connectivity index (χ3v) is 3.57. The van der Waals surface area contributed by atoms with E-state index in [1.165, 1.54) is 20.3 Å². The lowest BCUT2D eigenvalue weighted by atomic mass is 10.1. The minimum atomic E-state index is -0.562. The number of hydrogen-bond acceptors (Lipinski definition) is 5. The highest BCUT2D eigenvalue weighted by Crippen LogP contribution is 2.34. The van der Waals surface area contributed by atoms with Gasteiger partial charge in [-0.15, -0.1) is 0 Å². The molecule has 2 N–H and O–H groups in total. The smallest absolute Gasteiger partial charge is 0.263 e. The minimum Gasteiger partial charge on any atom is -0.496 e. The van der Waals surface area contributed by atoms with Gasteiger partial charge in [-0.2, -0.15) is 0 Å². The van der Waals surface area contributed by atoms with Crippen LogP contribution in [0.1, 0.15) is 5.56 Å². The van der Waals surface area contributed by atoms with Gasteiger partial charge in [0.15, 0.2) is 5.11 Å². The van der Waals surface area contributed by atoms with E-state index in [2.05, 4.69) is 26.6 Å². The standard InChI is InChI=1S/C13H11BrN2O4S/c1-19-9-5-8(14)10(20-2)4-6(9)3-7-11(17)15-13(21)16-12(7)18/h3-5H,1-2H3,(H2,15,16,17,18,21). The zero-order valence-electron chi connectivity index (χ0n) is 11.2. The van der Waals surface area contributed by atoms with E-state index < -0.39 is 11.8 Å². The van der Waals surface area contributed by atoms with Crippen molar-refractivity contribution in [1.82, 2.24) is 10.6 Å². The quantitative estimate of drug-likeness (QED) is 0.477. The van der Waals surface area contributed by atoms with E-state index in [0.717, 1.165) is 0 Å². The Kier molecular flexibility index (Phi) is 4.59. The van der Waals surface area contributed by atoms with Crippen LogP contribution in [0, 0.1) is 0 Å². The Hall–Kier alpha value is -1.93. The second kappa shape index (κ2) is 6.23. The number of rotatable bonds is 3. The largest absolute Gasteiger partial charge is 0.496 e. The molecule has 2 rings (SSSR count). The van der Waals surface area contributed by atoms with Gasteiger partial charge < -0.3 is 9.47 Å². The molecule has 0 aliphatic carbocycles. The first kappa shape index (κ1) is 15.5. The van der Waals surface area contributed by atoms with Crippen molar-refractivity contribution >= 4 is 51.2 Å². The van der Waals surface area contributed by atoms with Crippen LogP contribution in [0.25, 0.3) is 6.08 Å². The van der Waals surface area contributed by atoms with Crippen molar-refractivity contribution in [2.75, 3.05) is 14.2 Å². The molecule has 1 heterocycles. The van der Waals surface area contributed by atoms with Gasteiger partial charge in [0.1, 0.15) is 17.1 Å². The number of carbonyl (C=O) groups is 2. The van der Waals surface area contributed by atoms with Crippen molar-refractivity contribution in [3.8, 4) is 11.5 Å². The zero-order valence-corrected chi connectivity index (χ0v) is 13.6. The summed E-state index contributed by atoms with van der Waals surface area (Å²) in [6.45, 7) is 0. The SMILES string of the molecule is COc1cc(C=C2C(=O)NC(=S)NC2=O)c(OC)cc1Br. The maximum atomic E-state index is 11.8. The van der Waals surface area contributed by atoms with E-state index >= 15 is 0 Å². The summed E-state index contributed by atoms with van der Waals surface area (Å²) in [5.74, 6) is -0.0842. The molecule has 0 saturated carbocycles. The summed E-state index contributed by atoms with van der Waals surface area (Å²) in [7, 11) is 3.01. The number of thiocarbonyl (C=S) groups is 1. The van der Waals surface area contributed by atoms with Crippen molar-refractivity contribution in [1.29, 1.82) is 0 Å². The van der Waals surface area contributed by atoms with E-state index in [-0.39, 0.29) is 10.7 Å². The van der Waals surface area contributed by atoms with Crippen molar-refractivity contribution in [2.45, 2.75) is 0 Å². The third kappa shape index (κ3) is 3.22. The Bertz CT molecular complexity index is 650. The van der Waals surface area contributed by atoms with Gasteiger partial charge in [-0.3, -0.25) is 20.2 Å². The molecule has 1 fully saturated rings. The molecule has 0 spiro atoms. The number of halogens is 1. The molecular weight excluding hydrogens is 360 g/mol. The second-order valence-corrected chi connectivity index (χ2v) is 5.29. The van der Waals surface area contributed by atoms with Crippen molar-refractivity contribution in [3.05, 3.63) is 27.7 Å². The molecule has 1 aliphatic rings. The number of nitrogens with one attached hydrogen (secondary N) is 2. The fraction of sp³-hybridized carbons (Fsp3) is 0.154. The molecule has 0 bridgehead atoms. The Morgan fingerprint density at radius 2 is 1.67 bits per heavy atom. The molecule has 1 aromatic carbocycles. The average Bonchev–Trinajstić information content (AvgIpc) is 2.43. The number of methoxy groups -OCH3 is 2. The van der Waals surface area contributed by atoms with Gasteiger partial charge in [0.25, 0.3) is 11.8 Å². The second-order valence-electron chi connectivity index (χ2n) is 4.02. The van der Waals surface area contributed by atoms with Crippen LogP contribution in [0.3, 0.4) is 0 Å². The number of carbonyl (C=O) groups excluding carboxylic acids is 2. The Labute approximate surface area is 134 Å². The monoisotopic (exact) mass is 370 g/mol. The first-order chi connectivity index (χ1) is 9.96. The van der Waals surface area contributed by atoms with Crippen LogP contribution in [0.4, 0.5) is 0 Å². The minimum absolute atomic E-state index is 0.0116. The maximum absolute atomic E-state index is 11.8. The van der Waals surface area contributed by atoms with Crippen molar-refractivity contribution in [3.63, 3.8) is 0 Å². The zero-order chi connectivity index (χ0) is 15.6. The summed E-state index contributed by atoms with van der Waals surface area (Å²) in [5, 5.41) is 4.73. The number of ether oxygens (including phenoxy) is 2. The molecule has 110 valence electrons. The molecular formula is C13H11BrN2O4S. The average molecular weight is 371 g/mol. The predicted octanol–water partition coefficient (Wildman–Crippen LogP) is 1.38. The molecule has 8 heteroatoms. The van der Waals surface area contributed by atoms with Gasteiger partial charge >= 0.3 is 0 Å². The molecule has 1 saturated heterocycles. The van der Waals surface area contributed by atoms with Gasteiger partial charge in [-0.1, -0.05) is 0 Å². The normalized spacial score (nSPS) is 14.4. The lowest BCUT2D eigenvalue weighted by molar-refractivity contribution is -0.123. The van der Waals surface area contributed by atoms with Crippen LogP contribution in [0.5, 0.6) is 11.5 Å². The van der Waals surface area contributed by atoms with Gasteiger partial charge in [0.2, 0.25) is 0 Å². The maximum Gasteiger partial charge on any atom is 0.263 e. The molecule has 1 aromatic rings. The van der Waals surface area contributed by atoms with E-state index in [0.29, 0.717) is 21.5 Å². The number of benzene rings is 1. The number of hydrogen-bond donors (Lipinski definition) is 2. The summed E-state index contributed by atoms with van der Waals surface area (Å²) >= 11 is 8.08. The molecule has 0 radical (unpaired) electrons. The summed E-state index contributed by atoms with van der Waals surface area (Å²) in [4.78, 5) is 23.7. The van der Waals surface area contributed by atoms with Gasteiger partial charge in [-0.05, 0) is 46.4 Å². The van der Waals surface area contributed by atoms with Crippen molar-refractivity contribution in [2.24, 2.45) is 0 Å². The lowest BCUT2D eigenvalue weighted by Crippen LogP contribution is -2.51. The van der Waals surface area contributed by atoms with Gasteiger partial charge in [-0.25, -0.2) is 0 Å². The van der Waals surface area contributed by atoms with Gasteiger partial charge in [0, 0.05) is 5.56 Å². The Balaban J connectivity index is 2.50. The Morgan fingerprint density at radius 1 is 1.10 bits per heavy atom. The Morgan fingerprint density at radius 3 is 2.19 bits per heavy atom. The van der Waals surface area contributed by atoms with E-state index in [1.807, 2.05) is 0 Å². The molecule has 2 amide bonds. The van der Waals surface area contributed by atoms with Crippen LogP contribution < -0.4 is 20.1 Å². The highest BCUT2D eigenvalue weighted by atomic mass is 79.9. The van der Waals surface area contributed by atoms with E-state index in [4.69, 9.17) is 21.7 Å². The fourth-order valence-corrected chi connectivity index (χ4v) is 2.43. The fourth-order valence-electron chi connectivity index (χ4n) is 1.76. The summed E-state index contributed by atoms with van der Waals surface area (Å²) in [5.41, 5.74) is 0.469. The van der Waals surface area contributed by atoms with Crippen LogP contribution in [0.2, 0.25) is 0 Å². The van der Waals surface area contributed by atoms with Gasteiger partial charge in [0.05, 0.1) is 18.7 Å².